The predicted octanol–water partition coefficient (Wildman–Crippen LogP) is 1.16. The average Bonchev–Trinajstić information content (AvgIpc) is 2.23. The van der Waals surface area contributed by atoms with E-state index in [1.807, 2.05) is 27.0 Å². The number of nitrogens with one attached hydrogen (secondary N) is 1. The van der Waals surface area contributed by atoms with E-state index in [1.165, 1.54) is 0 Å². The van der Waals surface area contributed by atoms with Crippen LogP contribution in [0.3, 0.4) is 0 Å². The minimum atomic E-state index is 0.165. The highest BCUT2D eigenvalue weighted by molar-refractivity contribution is 7.99. The number of thioether (sulfide) groups is 1. The summed E-state index contributed by atoms with van der Waals surface area (Å²) in [6.07, 6.45) is 0.911. The summed E-state index contributed by atoms with van der Waals surface area (Å²) in [6.45, 7) is 4.12. The largest absolute Gasteiger partial charge is 0.395 e. The van der Waals surface area contributed by atoms with Gasteiger partial charge in [0.15, 0.2) is 5.16 Å². The van der Waals surface area contributed by atoms with Gasteiger partial charge in [-0.15, -0.1) is 0 Å². The Labute approximate surface area is 101 Å². The minimum absolute atomic E-state index is 0.165. The molecular formula is C11H19N3OS. The van der Waals surface area contributed by atoms with Crippen LogP contribution in [0.25, 0.3) is 0 Å². The molecule has 4 nitrogen and oxygen atoms in total. The van der Waals surface area contributed by atoms with Crippen molar-refractivity contribution in [3.63, 3.8) is 0 Å². The molecule has 16 heavy (non-hydrogen) atoms. The lowest BCUT2D eigenvalue weighted by Crippen LogP contribution is -2.29. The zero-order valence-corrected chi connectivity index (χ0v) is 10.8. The predicted molar refractivity (Wildman–Crippen MR) is 66.8 cm³/mol. The van der Waals surface area contributed by atoms with E-state index < -0.39 is 0 Å². The quantitative estimate of drug-likeness (QED) is 0.578. The molecule has 0 aromatic carbocycles. The normalized spacial score (nSPS) is 12.8. The number of nitrogens with zero attached hydrogens (tertiary/aromatic N) is 2. The molecule has 1 aromatic rings. The van der Waals surface area contributed by atoms with Crippen molar-refractivity contribution in [1.29, 1.82) is 0 Å². The SMILES string of the molecule is CNC(CO)CCSc1nc(C)cc(C)n1. The molecule has 0 bridgehead atoms. The van der Waals surface area contributed by atoms with Gasteiger partial charge in [0, 0.05) is 23.2 Å². The molecule has 0 aliphatic rings. The second-order valence-electron chi connectivity index (χ2n) is 3.74. The van der Waals surface area contributed by atoms with E-state index in [9.17, 15) is 0 Å². The first-order valence-corrected chi connectivity index (χ1v) is 6.37. The second-order valence-corrected chi connectivity index (χ2v) is 4.80. The molecule has 0 amide bonds. The molecule has 1 atom stereocenters. The summed E-state index contributed by atoms with van der Waals surface area (Å²) in [6, 6.07) is 2.13. The van der Waals surface area contributed by atoms with Gasteiger partial charge in [-0.3, -0.25) is 0 Å². The summed E-state index contributed by atoms with van der Waals surface area (Å²) in [5.41, 5.74) is 2.00. The molecule has 0 fully saturated rings. The van der Waals surface area contributed by atoms with Gasteiger partial charge in [0.2, 0.25) is 0 Å². The van der Waals surface area contributed by atoms with E-state index in [4.69, 9.17) is 5.11 Å². The van der Waals surface area contributed by atoms with E-state index in [0.29, 0.717) is 0 Å². The van der Waals surface area contributed by atoms with E-state index >= 15 is 0 Å². The second kappa shape index (κ2) is 6.83. The third-order valence-corrected chi connectivity index (χ3v) is 3.17. The van der Waals surface area contributed by atoms with Crippen molar-refractivity contribution in [3.8, 4) is 0 Å². The standard InChI is InChI=1S/C11H19N3OS/c1-8-6-9(2)14-11(13-8)16-5-4-10(7-15)12-3/h6,10,12,15H,4-5,7H2,1-3H3. The molecule has 1 unspecified atom stereocenters. The van der Waals surface area contributed by atoms with Gasteiger partial charge in [0.25, 0.3) is 0 Å². The molecule has 2 N–H and O–H groups in total. The fourth-order valence-electron chi connectivity index (χ4n) is 1.38. The number of aliphatic hydroxyl groups excluding tert-OH is 1. The molecule has 5 heteroatoms. The molecule has 0 aliphatic heterocycles. The summed E-state index contributed by atoms with van der Waals surface area (Å²) in [4.78, 5) is 8.70. The van der Waals surface area contributed by atoms with Crippen LogP contribution >= 0.6 is 11.8 Å². The lowest BCUT2D eigenvalue weighted by atomic mass is 10.2. The zero-order chi connectivity index (χ0) is 12.0. The Morgan fingerprint density at radius 1 is 1.38 bits per heavy atom. The lowest BCUT2D eigenvalue weighted by molar-refractivity contribution is 0.246. The van der Waals surface area contributed by atoms with Crippen molar-refractivity contribution in [2.45, 2.75) is 31.5 Å². The molecule has 1 rings (SSSR count). The lowest BCUT2D eigenvalue weighted by Gasteiger charge is -2.11. The molecule has 0 spiro atoms. The summed E-state index contributed by atoms with van der Waals surface area (Å²) in [7, 11) is 1.86. The molecule has 0 saturated heterocycles. The number of hydrogen-bond acceptors (Lipinski definition) is 5. The number of rotatable bonds is 6. The molecular weight excluding hydrogens is 222 g/mol. The number of aryl methyl sites for hydroxylation is 2. The van der Waals surface area contributed by atoms with Gasteiger partial charge in [-0.25, -0.2) is 9.97 Å². The van der Waals surface area contributed by atoms with Crippen LogP contribution in [-0.2, 0) is 0 Å². The Hall–Kier alpha value is -0.650. The van der Waals surface area contributed by atoms with Gasteiger partial charge in [-0.1, -0.05) is 11.8 Å². The van der Waals surface area contributed by atoms with Gasteiger partial charge < -0.3 is 10.4 Å². The van der Waals surface area contributed by atoms with Crippen LogP contribution in [0.5, 0.6) is 0 Å². The van der Waals surface area contributed by atoms with Crippen LogP contribution in [-0.4, -0.2) is 40.5 Å². The van der Waals surface area contributed by atoms with Crippen molar-refractivity contribution < 1.29 is 5.11 Å². The number of aliphatic hydroxyl groups is 1. The third kappa shape index (κ3) is 4.47. The Kier molecular flexibility index (Phi) is 5.73. The van der Waals surface area contributed by atoms with Gasteiger partial charge in [0.05, 0.1) is 6.61 Å². The monoisotopic (exact) mass is 241 g/mol. The molecule has 0 aliphatic carbocycles. The first-order valence-electron chi connectivity index (χ1n) is 5.39. The Balaban J connectivity index is 2.42. The minimum Gasteiger partial charge on any atom is -0.395 e. The van der Waals surface area contributed by atoms with Crippen molar-refractivity contribution >= 4 is 11.8 Å². The van der Waals surface area contributed by atoms with Crippen LogP contribution in [0.4, 0.5) is 0 Å². The number of hydrogen-bond donors (Lipinski definition) is 2. The van der Waals surface area contributed by atoms with Crippen molar-refractivity contribution in [3.05, 3.63) is 17.5 Å². The fourth-order valence-corrected chi connectivity index (χ4v) is 2.38. The van der Waals surface area contributed by atoms with Crippen LogP contribution in [0, 0.1) is 13.8 Å². The highest BCUT2D eigenvalue weighted by Crippen LogP contribution is 2.15. The van der Waals surface area contributed by atoms with Crippen LogP contribution < -0.4 is 5.32 Å². The summed E-state index contributed by atoms with van der Waals surface area (Å²) >= 11 is 1.63. The van der Waals surface area contributed by atoms with E-state index in [2.05, 4.69) is 15.3 Å². The highest BCUT2D eigenvalue weighted by Gasteiger charge is 2.05. The summed E-state index contributed by atoms with van der Waals surface area (Å²) in [5.74, 6) is 0.912. The van der Waals surface area contributed by atoms with E-state index in [0.717, 1.165) is 28.7 Å². The average molecular weight is 241 g/mol. The molecule has 0 radical (unpaired) electrons. The van der Waals surface area contributed by atoms with Crippen LogP contribution in [0.1, 0.15) is 17.8 Å². The van der Waals surface area contributed by atoms with Crippen molar-refractivity contribution in [2.24, 2.45) is 0 Å². The maximum absolute atomic E-state index is 9.01. The first kappa shape index (κ1) is 13.4. The third-order valence-electron chi connectivity index (χ3n) is 2.29. The topological polar surface area (TPSA) is 58.0 Å². The van der Waals surface area contributed by atoms with Crippen molar-refractivity contribution in [2.75, 3.05) is 19.4 Å². The van der Waals surface area contributed by atoms with Gasteiger partial charge in [0.1, 0.15) is 0 Å². The fraction of sp³-hybridized carbons (Fsp3) is 0.636. The Morgan fingerprint density at radius 2 is 2.00 bits per heavy atom. The molecule has 90 valence electrons. The molecule has 1 aromatic heterocycles. The highest BCUT2D eigenvalue weighted by atomic mass is 32.2. The molecule has 1 heterocycles. The van der Waals surface area contributed by atoms with Crippen LogP contribution in [0.2, 0.25) is 0 Å². The molecule has 0 saturated carbocycles. The number of likely N-dealkylation sites (N-methyl/N-ethyl adjacent to an activating group) is 1. The van der Waals surface area contributed by atoms with E-state index in [-0.39, 0.29) is 12.6 Å². The first-order chi connectivity index (χ1) is 7.65. The Bertz CT molecular complexity index is 309. The van der Waals surface area contributed by atoms with Gasteiger partial charge in [-0.05, 0) is 33.4 Å². The van der Waals surface area contributed by atoms with Crippen molar-refractivity contribution in [1.82, 2.24) is 15.3 Å². The van der Waals surface area contributed by atoms with Crippen LogP contribution in [0.15, 0.2) is 11.2 Å². The number of aromatic nitrogens is 2. The Morgan fingerprint density at radius 3 is 2.50 bits per heavy atom. The summed E-state index contributed by atoms with van der Waals surface area (Å²) in [5, 5.41) is 12.9. The zero-order valence-electron chi connectivity index (χ0n) is 10.0. The maximum atomic E-state index is 9.01. The van der Waals surface area contributed by atoms with Gasteiger partial charge >= 0.3 is 0 Å². The summed E-state index contributed by atoms with van der Waals surface area (Å²) < 4.78 is 0. The maximum Gasteiger partial charge on any atom is 0.187 e. The van der Waals surface area contributed by atoms with E-state index in [1.54, 1.807) is 11.8 Å². The van der Waals surface area contributed by atoms with Gasteiger partial charge in [-0.2, -0.15) is 0 Å². The smallest absolute Gasteiger partial charge is 0.187 e.